The number of nitrogens with zero attached hydrogens (tertiary/aromatic N) is 1. The first-order valence-corrected chi connectivity index (χ1v) is 6.17. The molecule has 0 aliphatic carbocycles. The predicted octanol–water partition coefficient (Wildman–Crippen LogP) is -0.927. The Hall–Kier alpha value is -1.34. The van der Waals surface area contributed by atoms with Gasteiger partial charge in [-0.15, -0.1) is 0 Å². The second-order valence-corrected chi connectivity index (χ2v) is 4.48. The van der Waals surface area contributed by atoms with Crippen molar-refractivity contribution in [3.8, 4) is 0 Å². The number of carbonyl (C=O) groups excluding carboxylic acids is 1. The monoisotopic (exact) mass is 259 g/mol. The molecular weight excluding hydrogens is 238 g/mol. The number of carboxylic acid groups (broad SMARTS) is 1. The van der Waals surface area contributed by atoms with Crippen molar-refractivity contribution in [1.82, 2.24) is 15.5 Å². The van der Waals surface area contributed by atoms with Crippen LogP contribution in [0.3, 0.4) is 0 Å². The quantitative estimate of drug-likeness (QED) is 0.494. The van der Waals surface area contributed by atoms with E-state index in [0.717, 1.165) is 26.1 Å². The molecule has 7 heteroatoms. The van der Waals surface area contributed by atoms with Crippen LogP contribution in [-0.2, 0) is 4.79 Å². The van der Waals surface area contributed by atoms with E-state index in [0.29, 0.717) is 12.5 Å². The summed E-state index contributed by atoms with van der Waals surface area (Å²) in [6.07, 6.45) is 1.04. The number of aliphatic hydroxyl groups excluding tert-OH is 1. The highest BCUT2D eigenvalue weighted by Crippen LogP contribution is 2.14. The number of urea groups is 1. The third-order valence-corrected chi connectivity index (χ3v) is 3.15. The standard InChI is InChI=1S/C11H21N3O4/c1-2-14-4-3-8(6-14)5-12-11(18)13-9(7-15)10(16)17/h8-9,15H,2-7H2,1H3,(H,16,17)(H2,12,13,18)/t8?,9-/m0/s1. The lowest BCUT2D eigenvalue weighted by Gasteiger charge is -2.16. The molecule has 2 amide bonds. The third kappa shape index (κ3) is 4.50. The lowest BCUT2D eigenvalue weighted by Crippen LogP contribution is -2.48. The SMILES string of the molecule is CCN1CCC(CNC(=O)N[C@@H](CO)C(=O)O)C1. The van der Waals surface area contributed by atoms with Crippen LogP contribution in [-0.4, -0.2) is 65.9 Å². The van der Waals surface area contributed by atoms with Gasteiger partial charge in [0.1, 0.15) is 0 Å². The Kier molecular flexibility index (Phi) is 5.87. The maximum atomic E-state index is 11.4. The van der Waals surface area contributed by atoms with E-state index < -0.39 is 24.6 Å². The van der Waals surface area contributed by atoms with Crippen molar-refractivity contribution in [3.63, 3.8) is 0 Å². The Morgan fingerprint density at radius 2 is 2.22 bits per heavy atom. The fourth-order valence-corrected chi connectivity index (χ4v) is 2.00. The zero-order chi connectivity index (χ0) is 13.5. The zero-order valence-electron chi connectivity index (χ0n) is 10.6. The molecule has 7 nitrogen and oxygen atoms in total. The van der Waals surface area contributed by atoms with Crippen LogP contribution in [0.15, 0.2) is 0 Å². The van der Waals surface area contributed by atoms with Crippen LogP contribution < -0.4 is 10.6 Å². The van der Waals surface area contributed by atoms with E-state index in [9.17, 15) is 9.59 Å². The van der Waals surface area contributed by atoms with E-state index >= 15 is 0 Å². The van der Waals surface area contributed by atoms with Crippen LogP contribution in [0.4, 0.5) is 4.79 Å². The van der Waals surface area contributed by atoms with E-state index in [2.05, 4.69) is 22.5 Å². The molecule has 0 radical (unpaired) electrons. The molecule has 0 saturated carbocycles. The van der Waals surface area contributed by atoms with Gasteiger partial charge in [0.05, 0.1) is 6.61 Å². The van der Waals surface area contributed by atoms with Crippen molar-refractivity contribution >= 4 is 12.0 Å². The highest BCUT2D eigenvalue weighted by molar-refractivity contribution is 5.82. The Balaban J connectivity index is 2.23. The third-order valence-electron chi connectivity index (χ3n) is 3.15. The molecule has 0 bridgehead atoms. The van der Waals surface area contributed by atoms with Crippen molar-refractivity contribution in [1.29, 1.82) is 0 Å². The van der Waals surface area contributed by atoms with Gasteiger partial charge in [0.2, 0.25) is 0 Å². The van der Waals surface area contributed by atoms with Crippen molar-refractivity contribution in [3.05, 3.63) is 0 Å². The lowest BCUT2D eigenvalue weighted by molar-refractivity contribution is -0.140. The average Bonchev–Trinajstić information content (AvgIpc) is 2.81. The van der Waals surface area contributed by atoms with Gasteiger partial charge in [-0.25, -0.2) is 9.59 Å². The number of rotatable bonds is 6. The fraction of sp³-hybridized carbons (Fsp3) is 0.818. The van der Waals surface area contributed by atoms with Crippen LogP contribution in [0.25, 0.3) is 0 Å². The van der Waals surface area contributed by atoms with Crippen molar-refractivity contribution in [2.45, 2.75) is 19.4 Å². The molecule has 1 heterocycles. The summed E-state index contributed by atoms with van der Waals surface area (Å²) in [5.41, 5.74) is 0. The fourth-order valence-electron chi connectivity index (χ4n) is 2.00. The normalized spacial score (nSPS) is 21.6. The van der Waals surface area contributed by atoms with Crippen LogP contribution in [0.1, 0.15) is 13.3 Å². The van der Waals surface area contributed by atoms with Gasteiger partial charge in [-0.1, -0.05) is 6.92 Å². The summed E-state index contributed by atoms with van der Waals surface area (Å²) < 4.78 is 0. The van der Waals surface area contributed by atoms with E-state index in [1.54, 1.807) is 0 Å². The van der Waals surface area contributed by atoms with E-state index in [1.807, 2.05) is 0 Å². The molecule has 18 heavy (non-hydrogen) atoms. The largest absolute Gasteiger partial charge is 0.480 e. The second-order valence-electron chi connectivity index (χ2n) is 4.48. The van der Waals surface area contributed by atoms with Gasteiger partial charge in [-0.05, 0) is 25.4 Å². The summed E-state index contributed by atoms with van der Waals surface area (Å²) in [6, 6.07) is -1.80. The molecule has 1 saturated heterocycles. The number of amides is 2. The minimum Gasteiger partial charge on any atom is -0.480 e. The molecule has 4 N–H and O–H groups in total. The number of nitrogens with one attached hydrogen (secondary N) is 2. The molecule has 0 aromatic carbocycles. The summed E-state index contributed by atoms with van der Waals surface area (Å²) in [6.45, 7) is 5.02. The van der Waals surface area contributed by atoms with E-state index in [-0.39, 0.29) is 0 Å². The van der Waals surface area contributed by atoms with Crippen molar-refractivity contribution < 1.29 is 19.8 Å². The summed E-state index contributed by atoms with van der Waals surface area (Å²) in [7, 11) is 0. The smallest absolute Gasteiger partial charge is 0.328 e. The summed E-state index contributed by atoms with van der Waals surface area (Å²) in [5.74, 6) is -0.834. The van der Waals surface area contributed by atoms with Gasteiger partial charge in [-0.3, -0.25) is 0 Å². The highest BCUT2D eigenvalue weighted by Gasteiger charge is 2.23. The van der Waals surface area contributed by atoms with Crippen molar-refractivity contribution in [2.75, 3.05) is 32.8 Å². The van der Waals surface area contributed by atoms with Crippen LogP contribution >= 0.6 is 0 Å². The molecule has 1 fully saturated rings. The lowest BCUT2D eigenvalue weighted by atomic mass is 10.1. The maximum absolute atomic E-state index is 11.4. The van der Waals surface area contributed by atoms with Crippen LogP contribution in [0.5, 0.6) is 0 Å². The van der Waals surface area contributed by atoms with Gasteiger partial charge in [0.25, 0.3) is 0 Å². The minimum absolute atomic E-state index is 0.410. The average molecular weight is 259 g/mol. The molecule has 0 aromatic rings. The summed E-state index contributed by atoms with van der Waals surface area (Å²) >= 11 is 0. The second kappa shape index (κ2) is 7.17. The first kappa shape index (κ1) is 14.7. The number of hydrogen-bond acceptors (Lipinski definition) is 4. The minimum atomic E-state index is -1.25. The van der Waals surface area contributed by atoms with E-state index in [1.165, 1.54) is 0 Å². The first-order valence-electron chi connectivity index (χ1n) is 6.17. The van der Waals surface area contributed by atoms with Gasteiger partial charge in [0, 0.05) is 13.1 Å². The molecule has 1 aliphatic heterocycles. The van der Waals surface area contributed by atoms with Gasteiger partial charge in [-0.2, -0.15) is 0 Å². The Morgan fingerprint density at radius 1 is 1.50 bits per heavy atom. The summed E-state index contributed by atoms with van der Waals surface area (Å²) in [4.78, 5) is 24.3. The first-order chi connectivity index (χ1) is 8.56. The molecular formula is C11H21N3O4. The number of likely N-dealkylation sites (tertiary alicyclic amines) is 1. The Bertz CT molecular complexity index is 298. The number of aliphatic carboxylic acids is 1. The molecule has 1 unspecified atom stereocenters. The summed E-state index contributed by atoms with van der Waals surface area (Å²) in [5, 5.41) is 22.3. The van der Waals surface area contributed by atoms with Crippen LogP contribution in [0, 0.1) is 5.92 Å². The van der Waals surface area contributed by atoms with Gasteiger partial charge in [0.15, 0.2) is 6.04 Å². The topological polar surface area (TPSA) is 102 Å². The molecule has 0 aromatic heterocycles. The molecule has 0 spiro atoms. The number of carbonyl (C=O) groups is 2. The maximum Gasteiger partial charge on any atom is 0.328 e. The van der Waals surface area contributed by atoms with Gasteiger partial charge >= 0.3 is 12.0 Å². The van der Waals surface area contributed by atoms with Crippen molar-refractivity contribution in [2.24, 2.45) is 5.92 Å². The number of carboxylic acids is 1. The number of aliphatic hydroxyl groups is 1. The molecule has 2 atom stereocenters. The number of hydrogen-bond donors (Lipinski definition) is 4. The zero-order valence-corrected chi connectivity index (χ0v) is 10.6. The Morgan fingerprint density at radius 3 is 2.72 bits per heavy atom. The highest BCUT2D eigenvalue weighted by atomic mass is 16.4. The van der Waals surface area contributed by atoms with Crippen LogP contribution in [0.2, 0.25) is 0 Å². The molecule has 1 rings (SSSR count). The van der Waals surface area contributed by atoms with E-state index in [4.69, 9.17) is 10.2 Å². The molecule has 1 aliphatic rings. The predicted molar refractivity (Wildman–Crippen MR) is 65.3 cm³/mol. The Labute approximate surface area is 106 Å². The van der Waals surface area contributed by atoms with Gasteiger partial charge < -0.3 is 25.7 Å². The molecule has 104 valence electrons.